The van der Waals surface area contributed by atoms with Gasteiger partial charge in [-0.3, -0.25) is 10.1 Å². The van der Waals surface area contributed by atoms with Crippen LogP contribution in [0.3, 0.4) is 0 Å². The number of pyridine rings is 1. The van der Waals surface area contributed by atoms with E-state index >= 15 is 0 Å². The molecule has 7 heteroatoms. The standard InChI is InChI=1S/C13H12N4O3/c1-9(7-11-3-2-6-20-11)16-13-12(17(18)19)10(8-14)4-5-15-13/h2-6,9H,7H2,1H3,(H,15,16). The zero-order valence-electron chi connectivity index (χ0n) is 10.7. The molecule has 0 spiro atoms. The second kappa shape index (κ2) is 5.84. The number of nitro groups is 1. The van der Waals surface area contributed by atoms with Gasteiger partial charge in [-0.25, -0.2) is 4.98 Å². The number of nitrogens with zero attached hydrogens (tertiary/aromatic N) is 3. The van der Waals surface area contributed by atoms with Crippen molar-refractivity contribution in [3.05, 3.63) is 52.1 Å². The number of nitrogens with one attached hydrogen (secondary N) is 1. The molecular weight excluding hydrogens is 260 g/mol. The highest BCUT2D eigenvalue weighted by Crippen LogP contribution is 2.26. The average molecular weight is 272 g/mol. The van der Waals surface area contributed by atoms with Crippen molar-refractivity contribution < 1.29 is 9.34 Å². The minimum Gasteiger partial charge on any atom is -0.469 e. The third-order valence-corrected chi connectivity index (χ3v) is 2.70. The minimum atomic E-state index is -0.604. The van der Waals surface area contributed by atoms with Gasteiger partial charge in [-0.1, -0.05) is 0 Å². The fourth-order valence-electron chi connectivity index (χ4n) is 1.85. The van der Waals surface area contributed by atoms with Crippen LogP contribution in [0, 0.1) is 21.4 Å². The molecule has 2 aromatic heterocycles. The highest BCUT2D eigenvalue weighted by Gasteiger charge is 2.22. The first-order chi connectivity index (χ1) is 9.61. The Bertz CT molecular complexity index is 646. The molecule has 1 unspecified atom stereocenters. The van der Waals surface area contributed by atoms with Crippen LogP contribution in [0.2, 0.25) is 0 Å². The molecule has 2 aromatic rings. The monoisotopic (exact) mass is 272 g/mol. The van der Waals surface area contributed by atoms with Crippen molar-refractivity contribution in [2.75, 3.05) is 5.32 Å². The lowest BCUT2D eigenvalue weighted by Gasteiger charge is -2.13. The van der Waals surface area contributed by atoms with Gasteiger partial charge >= 0.3 is 5.69 Å². The summed E-state index contributed by atoms with van der Waals surface area (Å²) in [7, 11) is 0. The van der Waals surface area contributed by atoms with Gasteiger partial charge in [-0.2, -0.15) is 5.26 Å². The van der Waals surface area contributed by atoms with Crippen molar-refractivity contribution in [1.82, 2.24) is 4.98 Å². The van der Waals surface area contributed by atoms with Gasteiger partial charge in [-0.05, 0) is 25.1 Å². The molecule has 0 fully saturated rings. The number of aromatic nitrogens is 1. The second-order valence-electron chi connectivity index (χ2n) is 4.25. The molecular formula is C13H12N4O3. The molecule has 1 atom stereocenters. The van der Waals surface area contributed by atoms with E-state index in [0.717, 1.165) is 5.76 Å². The van der Waals surface area contributed by atoms with Crippen molar-refractivity contribution in [3.8, 4) is 6.07 Å². The third kappa shape index (κ3) is 2.92. The Labute approximate surface area is 115 Å². The van der Waals surface area contributed by atoms with Gasteiger partial charge < -0.3 is 9.73 Å². The van der Waals surface area contributed by atoms with Crippen molar-refractivity contribution in [3.63, 3.8) is 0 Å². The smallest absolute Gasteiger partial charge is 0.328 e. The molecule has 0 amide bonds. The van der Waals surface area contributed by atoms with Crippen LogP contribution in [0.5, 0.6) is 0 Å². The Morgan fingerprint density at radius 2 is 2.40 bits per heavy atom. The molecule has 0 aliphatic heterocycles. The predicted octanol–water partition coefficient (Wildman–Crippen LogP) is 2.50. The molecule has 0 saturated carbocycles. The molecule has 1 N–H and O–H groups in total. The quantitative estimate of drug-likeness (QED) is 0.662. The molecule has 20 heavy (non-hydrogen) atoms. The van der Waals surface area contributed by atoms with E-state index in [4.69, 9.17) is 9.68 Å². The molecule has 0 saturated heterocycles. The van der Waals surface area contributed by atoms with Crippen LogP contribution in [-0.2, 0) is 6.42 Å². The van der Waals surface area contributed by atoms with Gasteiger partial charge in [-0.15, -0.1) is 0 Å². The van der Waals surface area contributed by atoms with Crippen molar-refractivity contribution in [1.29, 1.82) is 5.26 Å². The van der Waals surface area contributed by atoms with Crippen molar-refractivity contribution in [2.24, 2.45) is 0 Å². The first-order valence-corrected chi connectivity index (χ1v) is 5.94. The number of furan rings is 1. The highest BCUT2D eigenvalue weighted by molar-refractivity contribution is 5.64. The largest absolute Gasteiger partial charge is 0.469 e. The van der Waals surface area contributed by atoms with E-state index in [1.807, 2.05) is 13.0 Å². The molecule has 0 aliphatic rings. The molecule has 2 rings (SSSR count). The normalized spacial score (nSPS) is 11.6. The lowest BCUT2D eigenvalue weighted by molar-refractivity contribution is -0.384. The minimum absolute atomic E-state index is 0.0160. The van der Waals surface area contributed by atoms with Crippen LogP contribution in [0.25, 0.3) is 0 Å². The summed E-state index contributed by atoms with van der Waals surface area (Å²) in [6.45, 7) is 1.85. The topological polar surface area (TPSA) is 105 Å². The number of anilines is 1. The van der Waals surface area contributed by atoms with Gasteiger partial charge in [0.1, 0.15) is 17.4 Å². The summed E-state index contributed by atoms with van der Waals surface area (Å²) in [6, 6.07) is 6.59. The maximum atomic E-state index is 11.1. The summed E-state index contributed by atoms with van der Waals surface area (Å²) in [5.41, 5.74) is -0.320. The van der Waals surface area contributed by atoms with Crippen LogP contribution in [0.4, 0.5) is 11.5 Å². The first-order valence-electron chi connectivity index (χ1n) is 5.94. The number of nitriles is 1. The Balaban J connectivity index is 2.21. The lowest BCUT2D eigenvalue weighted by Crippen LogP contribution is -2.19. The summed E-state index contributed by atoms with van der Waals surface area (Å²) < 4.78 is 5.22. The third-order valence-electron chi connectivity index (χ3n) is 2.70. The number of hydrogen-bond acceptors (Lipinski definition) is 6. The molecule has 0 aromatic carbocycles. The molecule has 0 aliphatic carbocycles. The number of rotatable bonds is 5. The van der Waals surface area contributed by atoms with Crippen LogP contribution in [0.15, 0.2) is 35.1 Å². The molecule has 0 radical (unpaired) electrons. The Morgan fingerprint density at radius 3 is 3.00 bits per heavy atom. The fraction of sp³-hybridized carbons (Fsp3) is 0.231. The Morgan fingerprint density at radius 1 is 1.60 bits per heavy atom. The Hall–Kier alpha value is -2.88. The second-order valence-corrected chi connectivity index (χ2v) is 4.25. The molecule has 2 heterocycles. The predicted molar refractivity (Wildman–Crippen MR) is 71.1 cm³/mol. The van der Waals surface area contributed by atoms with E-state index in [1.165, 1.54) is 12.3 Å². The SMILES string of the molecule is CC(Cc1ccco1)Nc1nccc(C#N)c1[N+](=O)[O-]. The van der Waals surface area contributed by atoms with Crippen LogP contribution < -0.4 is 5.32 Å². The number of hydrogen-bond donors (Lipinski definition) is 1. The molecule has 102 valence electrons. The van der Waals surface area contributed by atoms with E-state index in [2.05, 4.69) is 10.3 Å². The van der Waals surface area contributed by atoms with E-state index < -0.39 is 4.92 Å². The average Bonchev–Trinajstić information content (AvgIpc) is 2.90. The van der Waals surface area contributed by atoms with Gasteiger partial charge in [0.15, 0.2) is 0 Å². The highest BCUT2D eigenvalue weighted by atomic mass is 16.6. The van der Waals surface area contributed by atoms with Gasteiger partial charge in [0.25, 0.3) is 0 Å². The Kier molecular flexibility index (Phi) is 3.96. The van der Waals surface area contributed by atoms with E-state index in [0.29, 0.717) is 6.42 Å². The van der Waals surface area contributed by atoms with Crippen molar-refractivity contribution in [2.45, 2.75) is 19.4 Å². The molecule has 0 bridgehead atoms. The van der Waals surface area contributed by atoms with Crippen LogP contribution in [-0.4, -0.2) is 15.9 Å². The van der Waals surface area contributed by atoms with E-state index in [-0.39, 0.29) is 23.1 Å². The maximum Gasteiger partial charge on any atom is 0.328 e. The molecule has 7 nitrogen and oxygen atoms in total. The van der Waals surface area contributed by atoms with Gasteiger partial charge in [0, 0.05) is 18.7 Å². The zero-order chi connectivity index (χ0) is 14.5. The summed E-state index contributed by atoms with van der Waals surface area (Å²) in [4.78, 5) is 14.4. The summed E-state index contributed by atoms with van der Waals surface area (Å²) >= 11 is 0. The summed E-state index contributed by atoms with van der Waals surface area (Å²) in [5.74, 6) is 0.859. The first kappa shape index (κ1) is 13.5. The fourth-order valence-corrected chi connectivity index (χ4v) is 1.85. The van der Waals surface area contributed by atoms with E-state index in [1.54, 1.807) is 18.4 Å². The van der Waals surface area contributed by atoms with Gasteiger partial charge in [0.2, 0.25) is 5.82 Å². The van der Waals surface area contributed by atoms with Gasteiger partial charge in [0.05, 0.1) is 11.2 Å². The summed E-state index contributed by atoms with van der Waals surface area (Å²) in [6.07, 6.45) is 3.50. The zero-order valence-corrected chi connectivity index (χ0v) is 10.7. The van der Waals surface area contributed by atoms with Crippen LogP contribution in [0.1, 0.15) is 18.2 Å². The maximum absolute atomic E-state index is 11.1. The van der Waals surface area contributed by atoms with Crippen LogP contribution >= 0.6 is 0 Å². The van der Waals surface area contributed by atoms with E-state index in [9.17, 15) is 10.1 Å². The summed E-state index contributed by atoms with van der Waals surface area (Å²) in [5, 5.41) is 22.9. The lowest BCUT2D eigenvalue weighted by atomic mass is 10.2. The van der Waals surface area contributed by atoms with Crippen molar-refractivity contribution >= 4 is 11.5 Å².